The molecule has 4 heterocycles. The minimum Gasteiger partial charge on any atom is -0.497 e. The summed E-state index contributed by atoms with van der Waals surface area (Å²) in [5.41, 5.74) is 13.1. The number of carbonyl (C=O) groups is 1. The largest absolute Gasteiger partial charge is 0.497 e. The molecule has 2 saturated heterocycles. The van der Waals surface area contributed by atoms with Gasteiger partial charge in [0.15, 0.2) is 0 Å². The highest BCUT2D eigenvalue weighted by molar-refractivity contribution is 6.07. The SMILES string of the molecule is COc1ccc2c(c1)CCc1cnc(-n3ncc(C(=O)Nc4ccc(N5CC6(CN(C)C6)C5)cc4)c3N)nc1-2. The van der Waals surface area contributed by atoms with Crippen molar-refractivity contribution in [1.29, 1.82) is 0 Å². The van der Waals surface area contributed by atoms with Gasteiger partial charge in [-0.25, -0.2) is 9.97 Å². The van der Waals surface area contributed by atoms with Crippen LogP contribution in [0.15, 0.2) is 54.9 Å². The molecular formula is C29H30N8O2. The number of benzene rings is 2. The first kappa shape index (κ1) is 23.7. The van der Waals surface area contributed by atoms with E-state index in [1.165, 1.54) is 35.2 Å². The lowest BCUT2D eigenvalue weighted by atomic mass is 9.73. The first-order valence-corrected chi connectivity index (χ1v) is 13.1. The maximum Gasteiger partial charge on any atom is 0.261 e. The number of methoxy groups -OCH3 is 1. The summed E-state index contributed by atoms with van der Waals surface area (Å²) in [7, 11) is 3.83. The fraction of sp³-hybridized carbons (Fsp3) is 0.310. The Morgan fingerprint density at radius 2 is 1.79 bits per heavy atom. The van der Waals surface area contributed by atoms with Crippen molar-refractivity contribution in [1.82, 2.24) is 24.6 Å². The number of hydrogen-bond acceptors (Lipinski definition) is 8. The molecule has 1 amide bonds. The number of amides is 1. The van der Waals surface area contributed by atoms with E-state index in [0.717, 1.165) is 48.5 Å². The van der Waals surface area contributed by atoms with Crippen molar-refractivity contribution in [2.45, 2.75) is 12.8 Å². The van der Waals surface area contributed by atoms with Crippen molar-refractivity contribution in [2.24, 2.45) is 5.41 Å². The van der Waals surface area contributed by atoms with Crippen molar-refractivity contribution in [3.8, 4) is 23.0 Å². The van der Waals surface area contributed by atoms with E-state index >= 15 is 0 Å². The smallest absolute Gasteiger partial charge is 0.261 e. The van der Waals surface area contributed by atoms with E-state index in [1.807, 2.05) is 48.7 Å². The van der Waals surface area contributed by atoms with Crippen LogP contribution in [0.1, 0.15) is 21.5 Å². The highest BCUT2D eigenvalue weighted by Crippen LogP contribution is 2.41. The highest BCUT2D eigenvalue weighted by Gasteiger charge is 2.50. The number of fused-ring (bicyclic) bond motifs is 3. The normalized spacial score (nSPS) is 17.1. The number of rotatable bonds is 5. The lowest BCUT2D eigenvalue weighted by molar-refractivity contribution is -0.00238. The summed E-state index contributed by atoms with van der Waals surface area (Å²) in [6.07, 6.45) is 5.01. The predicted octanol–water partition coefficient (Wildman–Crippen LogP) is 3.02. The molecule has 7 rings (SSSR count). The third kappa shape index (κ3) is 3.99. The zero-order valence-electron chi connectivity index (χ0n) is 22.0. The van der Waals surface area contributed by atoms with E-state index in [-0.39, 0.29) is 17.3 Å². The Kier molecular flexibility index (Phi) is 5.34. The second-order valence-electron chi connectivity index (χ2n) is 11.0. The third-order valence-electron chi connectivity index (χ3n) is 8.08. The van der Waals surface area contributed by atoms with Crippen LogP contribution in [0.2, 0.25) is 0 Å². The van der Waals surface area contributed by atoms with Gasteiger partial charge in [0.25, 0.3) is 11.9 Å². The number of nitrogens with one attached hydrogen (secondary N) is 1. The number of aryl methyl sites for hydroxylation is 2. The molecule has 2 aromatic carbocycles. The fourth-order valence-corrected chi connectivity index (χ4v) is 6.21. The summed E-state index contributed by atoms with van der Waals surface area (Å²) >= 11 is 0. The maximum atomic E-state index is 13.1. The lowest BCUT2D eigenvalue weighted by Crippen LogP contribution is -2.71. The first-order chi connectivity index (χ1) is 18.9. The number of hydrogen-bond donors (Lipinski definition) is 2. The van der Waals surface area contributed by atoms with Gasteiger partial charge in [0.1, 0.15) is 17.1 Å². The highest BCUT2D eigenvalue weighted by atomic mass is 16.5. The number of nitrogens with two attached hydrogens (primary N) is 1. The van der Waals surface area contributed by atoms with Gasteiger partial charge in [-0.05, 0) is 73.5 Å². The van der Waals surface area contributed by atoms with E-state index < -0.39 is 0 Å². The molecule has 0 saturated carbocycles. The van der Waals surface area contributed by atoms with Crippen molar-refractivity contribution in [2.75, 3.05) is 56.3 Å². The van der Waals surface area contributed by atoms with Gasteiger partial charge in [0.05, 0.1) is 19.0 Å². The van der Waals surface area contributed by atoms with Crippen LogP contribution in [0.3, 0.4) is 0 Å². The summed E-state index contributed by atoms with van der Waals surface area (Å²) in [5.74, 6) is 1.00. The van der Waals surface area contributed by atoms with Crippen molar-refractivity contribution in [3.05, 3.63) is 71.5 Å². The third-order valence-corrected chi connectivity index (χ3v) is 8.08. The Labute approximate surface area is 226 Å². The summed E-state index contributed by atoms with van der Waals surface area (Å²) in [4.78, 5) is 27.1. The molecule has 198 valence electrons. The van der Waals surface area contributed by atoms with Crippen LogP contribution < -0.4 is 20.7 Å². The number of aromatic nitrogens is 4. The molecule has 4 aromatic rings. The molecule has 2 aromatic heterocycles. The monoisotopic (exact) mass is 522 g/mol. The van der Waals surface area contributed by atoms with E-state index in [9.17, 15) is 4.79 Å². The summed E-state index contributed by atoms with van der Waals surface area (Å²) < 4.78 is 6.79. The van der Waals surface area contributed by atoms with Crippen LogP contribution >= 0.6 is 0 Å². The van der Waals surface area contributed by atoms with Crippen LogP contribution in [0.4, 0.5) is 17.2 Å². The summed E-state index contributed by atoms with van der Waals surface area (Å²) in [6, 6.07) is 13.9. The van der Waals surface area contributed by atoms with Crippen LogP contribution in [0, 0.1) is 5.41 Å². The maximum absolute atomic E-state index is 13.1. The van der Waals surface area contributed by atoms with E-state index in [1.54, 1.807) is 7.11 Å². The molecule has 1 aliphatic carbocycles. The standard InChI is InChI=1S/C29H30N8O2/c1-35-14-29(15-35)16-36(17-29)21-7-5-20(6-8-21)33-27(38)24-13-32-37(26(24)30)28-31-12-19-4-3-18-11-22(39-2)9-10-23(18)25(19)34-28/h5-13H,3-4,14-17,30H2,1-2H3,(H,33,38). The Morgan fingerprint density at radius 3 is 2.54 bits per heavy atom. The Morgan fingerprint density at radius 1 is 1.03 bits per heavy atom. The summed E-state index contributed by atoms with van der Waals surface area (Å²) in [5, 5.41) is 7.28. The van der Waals surface area contributed by atoms with Gasteiger partial charge in [-0.2, -0.15) is 9.78 Å². The molecule has 0 unspecified atom stereocenters. The van der Waals surface area contributed by atoms with E-state index in [4.69, 9.17) is 15.5 Å². The molecule has 0 bridgehead atoms. The molecule has 3 aliphatic rings. The molecule has 3 N–H and O–H groups in total. The Balaban J connectivity index is 1.07. The topological polar surface area (TPSA) is 114 Å². The van der Waals surface area contributed by atoms with Gasteiger partial charge >= 0.3 is 0 Å². The van der Waals surface area contributed by atoms with Crippen LogP contribution in [0.25, 0.3) is 17.2 Å². The molecule has 2 aliphatic heterocycles. The quantitative estimate of drug-likeness (QED) is 0.411. The van der Waals surface area contributed by atoms with Crippen molar-refractivity contribution in [3.63, 3.8) is 0 Å². The van der Waals surface area contributed by atoms with Gasteiger partial charge in [-0.15, -0.1) is 0 Å². The molecule has 2 fully saturated rings. The van der Waals surface area contributed by atoms with Crippen LogP contribution in [-0.4, -0.2) is 70.9 Å². The molecule has 0 atom stereocenters. The van der Waals surface area contributed by atoms with Crippen molar-refractivity contribution < 1.29 is 9.53 Å². The average Bonchev–Trinajstić information content (AvgIpc) is 3.31. The van der Waals surface area contributed by atoms with Crippen LogP contribution in [0.5, 0.6) is 5.75 Å². The molecule has 39 heavy (non-hydrogen) atoms. The zero-order chi connectivity index (χ0) is 26.7. The van der Waals surface area contributed by atoms with Gasteiger partial charge in [-0.1, -0.05) is 0 Å². The van der Waals surface area contributed by atoms with E-state index in [0.29, 0.717) is 17.1 Å². The number of nitrogens with zero attached hydrogens (tertiary/aromatic N) is 6. The lowest BCUT2D eigenvalue weighted by Gasteiger charge is -2.60. The Bertz CT molecular complexity index is 1580. The molecule has 1 spiro atoms. The minimum atomic E-state index is -0.331. The fourth-order valence-electron chi connectivity index (χ4n) is 6.21. The average molecular weight is 523 g/mol. The first-order valence-electron chi connectivity index (χ1n) is 13.1. The number of carbonyl (C=O) groups excluding carboxylic acids is 1. The minimum absolute atomic E-state index is 0.186. The second-order valence-corrected chi connectivity index (χ2v) is 11.0. The van der Waals surface area contributed by atoms with Crippen molar-refractivity contribution >= 4 is 23.1 Å². The second kappa shape index (κ2) is 8.81. The number of anilines is 3. The molecule has 10 nitrogen and oxygen atoms in total. The summed E-state index contributed by atoms with van der Waals surface area (Å²) in [6.45, 7) is 4.52. The number of nitrogen functional groups attached to an aromatic ring is 1. The number of ether oxygens (including phenoxy) is 1. The molecule has 10 heteroatoms. The number of likely N-dealkylation sites (tertiary alicyclic amines) is 1. The van der Waals surface area contributed by atoms with Crippen LogP contribution in [-0.2, 0) is 12.8 Å². The molecule has 0 radical (unpaired) electrons. The zero-order valence-corrected chi connectivity index (χ0v) is 22.0. The predicted molar refractivity (Wildman–Crippen MR) is 150 cm³/mol. The van der Waals surface area contributed by atoms with Gasteiger partial charge in [0.2, 0.25) is 0 Å². The van der Waals surface area contributed by atoms with Gasteiger partial charge in [-0.3, -0.25) is 4.79 Å². The Hall–Kier alpha value is -4.44. The van der Waals surface area contributed by atoms with Gasteiger partial charge < -0.3 is 25.6 Å². The van der Waals surface area contributed by atoms with E-state index in [2.05, 4.69) is 32.2 Å². The van der Waals surface area contributed by atoms with Gasteiger partial charge in [0, 0.05) is 54.7 Å². The molecular weight excluding hydrogens is 492 g/mol.